The third-order valence-corrected chi connectivity index (χ3v) is 7.31. The Morgan fingerprint density at radius 2 is 1.97 bits per heavy atom. The van der Waals surface area contributed by atoms with Crippen molar-refractivity contribution >= 4 is 27.3 Å². The number of rotatable bonds is 8. The summed E-state index contributed by atoms with van der Waals surface area (Å²) in [4.78, 5) is 14.9. The van der Waals surface area contributed by atoms with Gasteiger partial charge in [0.2, 0.25) is 10.0 Å². The number of sulfonamides is 1. The summed E-state index contributed by atoms with van der Waals surface area (Å²) in [7, 11) is 0.114. The average molecular weight is 447 g/mol. The summed E-state index contributed by atoms with van der Waals surface area (Å²) in [5, 5.41) is 3.17. The Balaban J connectivity index is 1.49. The molecule has 0 unspecified atom stereocenters. The number of H-pyrrole nitrogens is 1. The van der Waals surface area contributed by atoms with Gasteiger partial charge in [0.25, 0.3) is 0 Å². The van der Waals surface area contributed by atoms with Gasteiger partial charge in [-0.3, -0.25) is 4.99 Å². The van der Waals surface area contributed by atoms with E-state index in [1.807, 2.05) is 55.4 Å². The van der Waals surface area contributed by atoms with E-state index in [1.54, 1.807) is 19.2 Å². The third-order valence-electron chi connectivity index (χ3n) is 4.35. The first-order valence-electron chi connectivity index (χ1n) is 9.46. The summed E-state index contributed by atoms with van der Waals surface area (Å²) in [5.41, 5.74) is 2.04. The standard InChI is InChI=1S/C20H26N6O2S2/c1-15-9-10-19(29-15)30(27,28)24-12-11-22-20(21-2)26(3)14-18-23-13-17(25-18)16-7-5-4-6-8-16/h4-10,13,24H,11-12,14H2,1-3H3,(H,21,22)(H,23,25). The number of thiophene rings is 1. The topological polar surface area (TPSA) is 102 Å². The molecule has 0 saturated carbocycles. The average Bonchev–Trinajstić information content (AvgIpc) is 3.38. The summed E-state index contributed by atoms with van der Waals surface area (Å²) in [6, 6.07) is 13.4. The predicted octanol–water partition coefficient (Wildman–Crippen LogP) is 2.43. The molecular weight excluding hydrogens is 420 g/mol. The molecule has 30 heavy (non-hydrogen) atoms. The number of nitrogens with one attached hydrogen (secondary N) is 3. The lowest BCUT2D eigenvalue weighted by molar-refractivity contribution is 0.464. The molecule has 0 saturated heterocycles. The molecule has 0 aliphatic carbocycles. The molecular formula is C20H26N6O2S2. The highest BCUT2D eigenvalue weighted by molar-refractivity contribution is 7.91. The highest BCUT2D eigenvalue weighted by Gasteiger charge is 2.15. The van der Waals surface area contributed by atoms with Gasteiger partial charge in [-0.15, -0.1) is 11.3 Å². The summed E-state index contributed by atoms with van der Waals surface area (Å²) in [6.07, 6.45) is 1.82. The number of imidazole rings is 1. The van der Waals surface area contributed by atoms with Gasteiger partial charge in [0.05, 0.1) is 18.4 Å². The molecule has 0 aliphatic rings. The molecule has 2 aromatic heterocycles. The van der Waals surface area contributed by atoms with Crippen LogP contribution in [0, 0.1) is 6.92 Å². The Morgan fingerprint density at radius 1 is 1.20 bits per heavy atom. The maximum absolute atomic E-state index is 12.3. The molecule has 3 N–H and O–H groups in total. The Bertz CT molecular complexity index is 1090. The van der Waals surface area contributed by atoms with Crippen LogP contribution in [0.4, 0.5) is 0 Å². The molecule has 3 rings (SSSR count). The van der Waals surface area contributed by atoms with Crippen LogP contribution >= 0.6 is 11.3 Å². The molecule has 0 bridgehead atoms. The number of aromatic nitrogens is 2. The van der Waals surface area contributed by atoms with Gasteiger partial charge in [0.1, 0.15) is 10.0 Å². The van der Waals surface area contributed by atoms with Crippen molar-refractivity contribution in [1.82, 2.24) is 24.9 Å². The molecule has 0 spiro atoms. The van der Waals surface area contributed by atoms with E-state index in [4.69, 9.17) is 0 Å². The lowest BCUT2D eigenvalue weighted by atomic mass is 10.2. The summed E-state index contributed by atoms with van der Waals surface area (Å²) >= 11 is 1.26. The number of aliphatic imine (C=N–C) groups is 1. The molecule has 2 heterocycles. The molecule has 0 radical (unpaired) electrons. The van der Waals surface area contributed by atoms with Crippen molar-refractivity contribution in [1.29, 1.82) is 0 Å². The normalized spacial score (nSPS) is 12.2. The van der Waals surface area contributed by atoms with Gasteiger partial charge in [0.15, 0.2) is 5.96 Å². The SMILES string of the molecule is CN=C(NCCNS(=O)(=O)c1ccc(C)s1)N(C)Cc1ncc(-c2ccccc2)[nH]1. The number of guanidine groups is 1. The summed E-state index contributed by atoms with van der Waals surface area (Å²) < 4.78 is 27.5. The van der Waals surface area contributed by atoms with Crippen LogP contribution in [0.2, 0.25) is 0 Å². The maximum Gasteiger partial charge on any atom is 0.250 e. The second-order valence-corrected chi connectivity index (χ2v) is 9.98. The second kappa shape index (κ2) is 9.88. The zero-order valence-electron chi connectivity index (χ0n) is 17.2. The fourth-order valence-electron chi connectivity index (χ4n) is 2.88. The minimum atomic E-state index is -3.48. The Hall–Kier alpha value is -2.69. The van der Waals surface area contributed by atoms with Crippen LogP contribution in [0.1, 0.15) is 10.7 Å². The first-order valence-corrected chi connectivity index (χ1v) is 11.8. The second-order valence-electron chi connectivity index (χ2n) is 6.70. The molecule has 3 aromatic rings. The molecule has 0 atom stereocenters. The Kier molecular flexibility index (Phi) is 7.24. The fourth-order valence-corrected chi connectivity index (χ4v) is 5.24. The maximum atomic E-state index is 12.3. The lowest BCUT2D eigenvalue weighted by Gasteiger charge is -2.21. The molecule has 0 fully saturated rings. The minimum Gasteiger partial charge on any atom is -0.355 e. The van der Waals surface area contributed by atoms with Crippen molar-refractivity contribution < 1.29 is 8.42 Å². The molecule has 160 valence electrons. The van der Waals surface area contributed by atoms with Crippen LogP contribution in [0.15, 0.2) is 57.9 Å². The van der Waals surface area contributed by atoms with Gasteiger partial charge in [-0.05, 0) is 24.6 Å². The highest BCUT2D eigenvalue weighted by atomic mass is 32.2. The van der Waals surface area contributed by atoms with E-state index in [9.17, 15) is 8.42 Å². The van der Waals surface area contributed by atoms with E-state index in [0.29, 0.717) is 23.3 Å². The van der Waals surface area contributed by atoms with Crippen LogP contribution in [0.25, 0.3) is 11.3 Å². The van der Waals surface area contributed by atoms with E-state index in [-0.39, 0.29) is 6.54 Å². The molecule has 8 nitrogen and oxygen atoms in total. The van der Waals surface area contributed by atoms with E-state index >= 15 is 0 Å². The van der Waals surface area contributed by atoms with Gasteiger partial charge >= 0.3 is 0 Å². The van der Waals surface area contributed by atoms with Crippen molar-refractivity contribution in [2.24, 2.45) is 4.99 Å². The number of benzene rings is 1. The zero-order chi connectivity index (χ0) is 21.6. The zero-order valence-corrected chi connectivity index (χ0v) is 18.8. The summed E-state index contributed by atoms with van der Waals surface area (Å²) in [5.74, 6) is 1.46. The van der Waals surface area contributed by atoms with Gasteiger partial charge in [-0.2, -0.15) is 0 Å². The monoisotopic (exact) mass is 446 g/mol. The van der Waals surface area contributed by atoms with Crippen LogP contribution < -0.4 is 10.0 Å². The quantitative estimate of drug-likeness (QED) is 0.280. The summed E-state index contributed by atoms with van der Waals surface area (Å²) in [6.45, 7) is 3.08. The first-order chi connectivity index (χ1) is 14.4. The number of hydrogen-bond acceptors (Lipinski definition) is 5. The first kappa shape index (κ1) is 22.0. The highest BCUT2D eigenvalue weighted by Crippen LogP contribution is 2.20. The van der Waals surface area contributed by atoms with Crippen LogP contribution in [-0.4, -0.2) is 56.4 Å². The van der Waals surface area contributed by atoms with E-state index < -0.39 is 10.0 Å². The van der Waals surface area contributed by atoms with E-state index in [2.05, 4.69) is 25.0 Å². The van der Waals surface area contributed by atoms with Crippen LogP contribution in [-0.2, 0) is 16.6 Å². The predicted molar refractivity (Wildman–Crippen MR) is 121 cm³/mol. The van der Waals surface area contributed by atoms with Crippen molar-refractivity contribution in [2.45, 2.75) is 17.7 Å². The Morgan fingerprint density at radius 3 is 2.63 bits per heavy atom. The number of aryl methyl sites for hydroxylation is 1. The molecule has 10 heteroatoms. The van der Waals surface area contributed by atoms with Crippen LogP contribution in [0.3, 0.4) is 0 Å². The van der Waals surface area contributed by atoms with Crippen molar-refractivity contribution in [3.63, 3.8) is 0 Å². The Labute approximate surface area is 181 Å². The lowest BCUT2D eigenvalue weighted by Crippen LogP contribution is -2.42. The molecule has 0 aliphatic heterocycles. The van der Waals surface area contributed by atoms with Crippen LogP contribution in [0.5, 0.6) is 0 Å². The van der Waals surface area contributed by atoms with Crippen molar-refractivity contribution in [2.75, 3.05) is 27.2 Å². The molecule has 1 aromatic carbocycles. The van der Waals surface area contributed by atoms with Gasteiger partial charge in [-0.25, -0.2) is 18.1 Å². The smallest absolute Gasteiger partial charge is 0.250 e. The third kappa shape index (κ3) is 5.68. The van der Waals surface area contributed by atoms with E-state index in [0.717, 1.165) is 22.0 Å². The molecule has 0 amide bonds. The van der Waals surface area contributed by atoms with Crippen molar-refractivity contribution in [3.05, 3.63) is 59.4 Å². The van der Waals surface area contributed by atoms with Gasteiger partial charge < -0.3 is 15.2 Å². The largest absolute Gasteiger partial charge is 0.355 e. The van der Waals surface area contributed by atoms with Gasteiger partial charge in [-0.1, -0.05) is 30.3 Å². The minimum absolute atomic E-state index is 0.255. The number of hydrogen-bond donors (Lipinski definition) is 3. The van der Waals surface area contributed by atoms with Crippen molar-refractivity contribution in [3.8, 4) is 11.3 Å². The number of nitrogens with zero attached hydrogens (tertiary/aromatic N) is 3. The number of aromatic amines is 1. The van der Waals surface area contributed by atoms with Gasteiger partial charge in [0, 0.05) is 32.1 Å². The van der Waals surface area contributed by atoms with E-state index in [1.165, 1.54) is 11.3 Å². The fraction of sp³-hybridized carbons (Fsp3) is 0.300.